The van der Waals surface area contributed by atoms with Crippen molar-refractivity contribution in [3.63, 3.8) is 0 Å². The van der Waals surface area contributed by atoms with Gasteiger partial charge in [-0.2, -0.15) is 4.98 Å². The highest BCUT2D eigenvalue weighted by atomic mass is 16.5. The van der Waals surface area contributed by atoms with E-state index >= 15 is 0 Å². The second-order valence-corrected chi connectivity index (χ2v) is 7.98. The van der Waals surface area contributed by atoms with E-state index in [4.69, 9.17) is 4.52 Å². The maximum atomic E-state index is 12.4. The molecule has 1 fully saturated rings. The van der Waals surface area contributed by atoms with E-state index in [9.17, 15) is 4.79 Å². The number of unbranched alkanes of at least 4 members (excludes halogenated alkanes) is 1. The largest absolute Gasteiger partial charge is 0.349 e. The minimum atomic E-state index is -0.0162. The second-order valence-electron chi connectivity index (χ2n) is 7.98. The van der Waals surface area contributed by atoms with Gasteiger partial charge in [0.05, 0.1) is 0 Å². The number of carbonyl (C=O) groups is 1. The number of aromatic nitrogens is 2. The first kappa shape index (κ1) is 17.6. The number of amides is 1. The molecule has 1 aromatic carbocycles. The van der Waals surface area contributed by atoms with Gasteiger partial charge in [-0.3, -0.25) is 4.79 Å². The molecule has 2 unspecified atom stereocenters. The van der Waals surface area contributed by atoms with Crippen molar-refractivity contribution in [1.29, 1.82) is 0 Å². The molecule has 1 N–H and O–H groups in total. The molecule has 5 nitrogen and oxygen atoms in total. The van der Waals surface area contributed by atoms with Crippen LogP contribution in [0.4, 0.5) is 0 Å². The summed E-state index contributed by atoms with van der Waals surface area (Å²) in [5.41, 5.74) is 1.75. The van der Waals surface area contributed by atoms with Gasteiger partial charge in [0.2, 0.25) is 0 Å². The van der Waals surface area contributed by atoms with Crippen LogP contribution in [0.2, 0.25) is 0 Å². The third-order valence-electron chi connectivity index (χ3n) is 4.84. The third-order valence-corrected chi connectivity index (χ3v) is 4.84. The van der Waals surface area contributed by atoms with E-state index in [1.807, 2.05) is 24.3 Å². The summed E-state index contributed by atoms with van der Waals surface area (Å²) in [6.45, 7) is 8.80. The lowest BCUT2D eigenvalue weighted by atomic mass is 9.90. The quantitative estimate of drug-likeness (QED) is 0.853. The molecule has 2 aromatic rings. The van der Waals surface area contributed by atoms with E-state index in [-0.39, 0.29) is 11.3 Å². The van der Waals surface area contributed by atoms with Crippen LogP contribution >= 0.6 is 0 Å². The molecule has 134 valence electrons. The predicted octanol–water partition coefficient (Wildman–Crippen LogP) is 4.24. The van der Waals surface area contributed by atoms with Gasteiger partial charge in [-0.15, -0.1) is 0 Å². The molecule has 5 heteroatoms. The van der Waals surface area contributed by atoms with Crippen molar-refractivity contribution >= 4 is 5.91 Å². The van der Waals surface area contributed by atoms with E-state index in [0.717, 1.165) is 37.1 Å². The highest BCUT2D eigenvalue weighted by molar-refractivity contribution is 5.95. The Morgan fingerprint density at radius 1 is 1.28 bits per heavy atom. The van der Waals surface area contributed by atoms with E-state index in [1.165, 1.54) is 0 Å². The summed E-state index contributed by atoms with van der Waals surface area (Å²) in [7, 11) is 0. The van der Waals surface area contributed by atoms with Crippen LogP contribution in [0.5, 0.6) is 0 Å². The Morgan fingerprint density at radius 3 is 2.60 bits per heavy atom. The first-order chi connectivity index (χ1) is 11.9. The van der Waals surface area contributed by atoms with Crippen LogP contribution < -0.4 is 5.32 Å². The smallest absolute Gasteiger partial charge is 0.257 e. The van der Waals surface area contributed by atoms with Crippen molar-refractivity contribution in [3.8, 4) is 11.5 Å². The number of nitrogens with zero attached hydrogens (tertiary/aromatic N) is 2. The Morgan fingerprint density at radius 2 is 2.00 bits per heavy atom. The minimum absolute atomic E-state index is 0.0162. The number of hydrogen-bond donors (Lipinski definition) is 1. The molecule has 1 aliphatic carbocycles. The third kappa shape index (κ3) is 4.27. The van der Waals surface area contributed by atoms with Gasteiger partial charge >= 0.3 is 0 Å². The van der Waals surface area contributed by atoms with Gasteiger partial charge in [0, 0.05) is 23.6 Å². The molecule has 0 saturated heterocycles. The lowest BCUT2D eigenvalue weighted by Crippen LogP contribution is -2.29. The molecule has 0 radical (unpaired) electrons. The maximum Gasteiger partial charge on any atom is 0.257 e. The van der Waals surface area contributed by atoms with Crippen LogP contribution in [0.15, 0.2) is 28.8 Å². The van der Waals surface area contributed by atoms with E-state index in [1.54, 1.807) is 0 Å². The fourth-order valence-electron chi connectivity index (χ4n) is 3.14. The van der Waals surface area contributed by atoms with Crippen molar-refractivity contribution in [2.24, 2.45) is 11.3 Å². The fraction of sp³-hybridized carbons (Fsp3) is 0.550. The predicted molar refractivity (Wildman–Crippen MR) is 97.2 cm³/mol. The average molecular weight is 341 g/mol. The van der Waals surface area contributed by atoms with E-state index in [2.05, 4.69) is 43.2 Å². The molecule has 0 spiro atoms. The molecule has 1 heterocycles. The Bertz CT molecular complexity index is 728. The topological polar surface area (TPSA) is 68.0 Å². The van der Waals surface area contributed by atoms with Crippen LogP contribution in [0.25, 0.3) is 11.5 Å². The molecule has 1 aromatic heterocycles. The molecule has 2 atom stereocenters. The average Bonchev–Trinajstić information content (AvgIpc) is 3.20. The zero-order valence-electron chi connectivity index (χ0n) is 15.5. The van der Waals surface area contributed by atoms with Gasteiger partial charge in [-0.05, 0) is 48.4 Å². The molecule has 3 rings (SSSR count). The first-order valence-electron chi connectivity index (χ1n) is 9.12. The fourth-order valence-corrected chi connectivity index (χ4v) is 3.14. The summed E-state index contributed by atoms with van der Waals surface area (Å²) in [5.74, 6) is 1.79. The molecular weight excluding hydrogens is 314 g/mol. The zero-order valence-corrected chi connectivity index (χ0v) is 15.5. The van der Waals surface area contributed by atoms with Crippen LogP contribution in [-0.2, 0) is 6.42 Å². The maximum absolute atomic E-state index is 12.4. The van der Waals surface area contributed by atoms with Gasteiger partial charge in [0.25, 0.3) is 11.8 Å². The molecule has 1 amide bonds. The number of benzene rings is 1. The molecule has 0 aliphatic heterocycles. The highest BCUT2D eigenvalue weighted by Crippen LogP contribution is 2.45. The van der Waals surface area contributed by atoms with Gasteiger partial charge in [0.1, 0.15) is 0 Å². The number of hydrogen-bond acceptors (Lipinski definition) is 4. The SMILES string of the molecule is CCCCc1noc(-c2ccc(C(=O)NC3CC3C(C)(C)C)cc2)n1. The normalized spacial score (nSPS) is 19.7. The van der Waals surface area contributed by atoms with Gasteiger partial charge in [0.15, 0.2) is 5.82 Å². The Hall–Kier alpha value is -2.17. The zero-order chi connectivity index (χ0) is 18.0. The highest BCUT2D eigenvalue weighted by Gasteiger charge is 2.45. The molecule has 0 bridgehead atoms. The molecular formula is C20H27N3O2. The van der Waals surface area contributed by atoms with E-state index in [0.29, 0.717) is 23.4 Å². The molecule has 1 saturated carbocycles. The van der Waals surface area contributed by atoms with Crippen molar-refractivity contribution in [2.75, 3.05) is 0 Å². The minimum Gasteiger partial charge on any atom is -0.349 e. The monoisotopic (exact) mass is 341 g/mol. The number of carbonyl (C=O) groups excluding carboxylic acids is 1. The Labute approximate surface area is 149 Å². The summed E-state index contributed by atoms with van der Waals surface area (Å²) >= 11 is 0. The standard InChI is InChI=1S/C20H27N3O2/c1-5-6-7-17-22-19(25-23-17)14-10-8-13(9-11-14)18(24)21-16-12-15(16)20(2,3)4/h8-11,15-16H,5-7,12H2,1-4H3,(H,21,24). The number of nitrogens with one attached hydrogen (secondary N) is 1. The van der Waals surface area contributed by atoms with Gasteiger partial charge < -0.3 is 9.84 Å². The Balaban J connectivity index is 1.60. The molecule has 25 heavy (non-hydrogen) atoms. The summed E-state index contributed by atoms with van der Waals surface area (Å²) < 4.78 is 5.31. The van der Waals surface area contributed by atoms with Crippen LogP contribution in [0.1, 0.15) is 63.1 Å². The van der Waals surface area contributed by atoms with Crippen LogP contribution in [0, 0.1) is 11.3 Å². The summed E-state index contributed by atoms with van der Waals surface area (Å²) in [6, 6.07) is 7.65. The van der Waals surface area contributed by atoms with Crippen molar-refractivity contribution in [2.45, 2.75) is 59.4 Å². The lowest BCUT2D eigenvalue weighted by molar-refractivity contribution is 0.0946. The van der Waals surface area contributed by atoms with Crippen molar-refractivity contribution < 1.29 is 9.32 Å². The van der Waals surface area contributed by atoms with Gasteiger partial charge in [-0.1, -0.05) is 39.3 Å². The summed E-state index contributed by atoms with van der Waals surface area (Å²) in [6.07, 6.45) is 4.05. The van der Waals surface area contributed by atoms with Crippen LogP contribution in [0.3, 0.4) is 0 Å². The van der Waals surface area contributed by atoms with Crippen molar-refractivity contribution in [3.05, 3.63) is 35.7 Å². The molecule has 1 aliphatic rings. The summed E-state index contributed by atoms with van der Waals surface area (Å²) in [4.78, 5) is 16.8. The Kier molecular flexibility index (Phi) is 4.93. The van der Waals surface area contributed by atoms with Crippen LogP contribution in [-0.4, -0.2) is 22.1 Å². The lowest BCUT2D eigenvalue weighted by Gasteiger charge is -2.18. The van der Waals surface area contributed by atoms with E-state index < -0.39 is 0 Å². The van der Waals surface area contributed by atoms with Crippen molar-refractivity contribution in [1.82, 2.24) is 15.5 Å². The first-order valence-corrected chi connectivity index (χ1v) is 9.12. The number of aryl methyl sites for hydroxylation is 1. The summed E-state index contributed by atoms with van der Waals surface area (Å²) in [5, 5.41) is 7.12. The second kappa shape index (κ2) is 6.98. The number of rotatable bonds is 6. The van der Waals surface area contributed by atoms with Gasteiger partial charge in [-0.25, -0.2) is 0 Å².